The average molecular weight is 632 g/mol. The van der Waals surface area contributed by atoms with Crippen molar-refractivity contribution in [3.8, 4) is 23.0 Å². The second-order valence-corrected chi connectivity index (χ2v) is 12.5. The summed E-state index contributed by atoms with van der Waals surface area (Å²) in [6.07, 6.45) is 4.97. The van der Waals surface area contributed by atoms with Gasteiger partial charge in [-0.25, -0.2) is 0 Å². The van der Waals surface area contributed by atoms with E-state index in [0.717, 1.165) is 59.8 Å². The highest BCUT2D eigenvalue weighted by Crippen LogP contribution is 2.36. The Morgan fingerprint density at radius 2 is 1.56 bits per heavy atom. The van der Waals surface area contributed by atoms with Gasteiger partial charge in [0.25, 0.3) is 5.91 Å². The summed E-state index contributed by atoms with van der Waals surface area (Å²) in [4.78, 5) is 15.8. The maximum atomic E-state index is 13.8. The van der Waals surface area contributed by atoms with E-state index in [1.165, 1.54) is 5.56 Å². The zero-order valence-corrected chi connectivity index (χ0v) is 27.0. The first kappa shape index (κ1) is 31.3. The third-order valence-electron chi connectivity index (χ3n) is 8.99. The maximum absolute atomic E-state index is 13.8. The van der Waals surface area contributed by atoms with Crippen molar-refractivity contribution in [2.24, 2.45) is 0 Å². The number of halogens is 1. The molecule has 1 saturated heterocycles. The van der Waals surface area contributed by atoms with Gasteiger partial charge in [-0.2, -0.15) is 0 Å². The lowest BCUT2D eigenvalue weighted by molar-refractivity contribution is -0.128. The Morgan fingerprint density at radius 3 is 2.27 bits per heavy atom. The van der Waals surface area contributed by atoms with Crippen molar-refractivity contribution in [3.63, 3.8) is 0 Å². The fourth-order valence-corrected chi connectivity index (χ4v) is 6.41. The molecule has 45 heavy (non-hydrogen) atoms. The zero-order valence-electron chi connectivity index (χ0n) is 26.2. The second-order valence-electron chi connectivity index (χ2n) is 12.1. The highest BCUT2D eigenvalue weighted by atomic mass is 35.5. The van der Waals surface area contributed by atoms with E-state index in [-0.39, 0.29) is 23.5 Å². The molecule has 1 saturated carbocycles. The van der Waals surface area contributed by atoms with Crippen LogP contribution in [0.5, 0.6) is 23.0 Å². The van der Waals surface area contributed by atoms with Crippen LogP contribution in [0.4, 0.5) is 0 Å². The molecular weight excluding hydrogens is 590 g/mol. The Hall–Kier alpha value is -3.72. The molecule has 2 heterocycles. The van der Waals surface area contributed by atoms with E-state index in [0.29, 0.717) is 43.7 Å². The van der Waals surface area contributed by atoms with E-state index in [9.17, 15) is 4.79 Å². The van der Waals surface area contributed by atoms with Gasteiger partial charge in [-0.3, -0.25) is 10.1 Å². The molecule has 2 aliphatic heterocycles. The first-order valence-electron chi connectivity index (χ1n) is 15.7. The molecule has 0 aromatic heterocycles. The number of nitrogens with one attached hydrogen (secondary N) is 2. The highest BCUT2D eigenvalue weighted by molar-refractivity contribution is 6.32. The number of carbonyl (C=O) groups excluding carboxylic acids is 1. The summed E-state index contributed by atoms with van der Waals surface area (Å²) >= 11 is 6.33. The minimum absolute atomic E-state index is 0.0610. The molecule has 238 valence electrons. The van der Waals surface area contributed by atoms with Gasteiger partial charge in [-0.05, 0) is 98.3 Å². The fraction of sp³-hybridized carbons (Fsp3) is 0.417. The number of aryl methyl sites for hydroxylation is 2. The number of amides is 1. The van der Waals surface area contributed by atoms with E-state index in [1.807, 2.05) is 67.3 Å². The number of fused-ring (bicyclic) bond motifs is 2. The maximum Gasteiger partial charge on any atom is 0.251 e. The van der Waals surface area contributed by atoms with Gasteiger partial charge in [0.1, 0.15) is 42.8 Å². The highest BCUT2D eigenvalue weighted by Gasteiger charge is 2.44. The third-order valence-corrected chi connectivity index (χ3v) is 9.29. The Labute approximate surface area is 270 Å². The second kappa shape index (κ2) is 13.7. The molecule has 2 atom stereocenters. The molecule has 1 aliphatic carbocycles. The smallest absolute Gasteiger partial charge is 0.251 e. The van der Waals surface area contributed by atoms with Crippen molar-refractivity contribution in [1.29, 1.82) is 0 Å². The monoisotopic (exact) mass is 631 g/mol. The third kappa shape index (κ3) is 7.24. The molecule has 3 aromatic carbocycles. The largest absolute Gasteiger partial charge is 0.497 e. The van der Waals surface area contributed by atoms with Crippen molar-refractivity contribution >= 4 is 17.5 Å². The van der Waals surface area contributed by atoms with Crippen LogP contribution in [0.3, 0.4) is 0 Å². The first-order chi connectivity index (χ1) is 21.8. The van der Waals surface area contributed by atoms with Gasteiger partial charge < -0.3 is 29.2 Å². The summed E-state index contributed by atoms with van der Waals surface area (Å²) in [5.41, 5.74) is 4.01. The number of rotatable bonds is 13. The molecule has 3 aromatic rings. The van der Waals surface area contributed by atoms with E-state index < -0.39 is 0 Å². The predicted octanol–water partition coefficient (Wildman–Crippen LogP) is 5.58. The summed E-state index contributed by atoms with van der Waals surface area (Å²) in [6.45, 7) is 7.39. The molecule has 2 unspecified atom stereocenters. The van der Waals surface area contributed by atoms with Crippen molar-refractivity contribution in [2.75, 3.05) is 46.6 Å². The summed E-state index contributed by atoms with van der Waals surface area (Å²) in [5.74, 6) is 3.12. The molecule has 8 nitrogen and oxygen atoms in total. The standard InChI is InChI=1S/C36H42ClN3O5/c1-24-20-32(37)34(21-25(24)2)45-19-18-44-29-8-4-26(5-9-29)36-15-14-31(33(39-36)22-38-23-36)35(41)40(27-6-7-27)16-17-43-30-12-10-28(42-3)11-13-30/h4-5,8-14,20-21,27,33,38-39H,6-7,15-19,22-23H2,1-3H3. The SMILES string of the molecule is COc1ccc(OCCN(C(=O)C2=CCC3(c4ccc(OCCOc5cc(C)c(C)cc5Cl)cc4)CNCC2N3)C2CC2)cc1. The number of piperazine rings is 1. The quantitative estimate of drug-likeness (QED) is 0.239. The number of methoxy groups -OCH3 is 1. The summed E-state index contributed by atoms with van der Waals surface area (Å²) in [6, 6.07) is 19.9. The van der Waals surface area contributed by atoms with Crippen LogP contribution < -0.4 is 29.6 Å². The molecule has 2 N–H and O–H groups in total. The summed E-state index contributed by atoms with van der Waals surface area (Å²) in [5, 5.41) is 8.02. The molecule has 2 bridgehead atoms. The molecule has 0 radical (unpaired) electrons. The number of hydrogen-bond donors (Lipinski definition) is 2. The van der Waals surface area contributed by atoms with E-state index >= 15 is 0 Å². The topological polar surface area (TPSA) is 81.3 Å². The van der Waals surface area contributed by atoms with Crippen LogP contribution in [-0.2, 0) is 10.3 Å². The summed E-state index contributed by atoms with van der Waals surface area (Å²) in [7, 11) is 1.64. The van der Waals surface area contributed by atoms with E-state index in [4.69, 9.17) is 30.5 Å². The molecule has 2 fully saturated rings. The Balaban J connectivity index is 1.04. The number of hydrogen-bond acceptors (Lipinski definition) is 7. The van der Waals surface area contributed by atoms with Gasteiger partial charge in [0.15, 0.2) is 0 Å². The number of ether oxygens (including phenoxy) is 4. The van der Waals surface area contributed by atoms with Gasteiger partial charge in [0.2, 0.25) is 0 Å². The lowest BCUT2D eigenvalue weighted by Gasteiger charge is -2.47. The lowest BCUT2D eigenvalue weighted by atomic mass is 9.78. The van der Waals surface area contributed by atoms with Gasteiger partial charge in [-0.1, -0.05) is 29.8 Å². The normalized spacial score (nSPS) is 20.6. The van der Waals surface area contributed by atoms with Crippen LogP contribution >= 0.6 is 11.6 Å². The van der Waals surface area contributed by atoms with Crippen molar-refractivity contribution in [3.05, 3.63) is 94.0 Å². The Morgan fingerprint density at radius 1 is 0.911 bits per heavy atom. The van der Waals surface area contributed by atoms with E-state index in [1.54, 1.807) is 7.11 Å². The molecule has 3 aliphatic rings. The predicted molar refractivity (Wildman–Crippen MR) is 176 cm³/mol. The first-order valence-corrected chi connectivity index (χ1v) is 16.1. The van der Waals surface area contributed by atoms with Crippen LogP contribution in [0.2, 0.25) is 5.02 Å². The minimum Gasteiger partial charge on any atom is -0.497 e. The van der Waals surface area contributed by atoms with Crippen LogP contribution in [0.15, 0.2) is 72.3 Å². The van der Waals surface area contributed by atoms with Crippen LogP contribution in [0.1, 0.15) is 36.0 Å². The fourth-order valence-electron chi connectivity index (χ4n) is 6.13. The van der Waals surface area contributed by atoms with E-state index in [2.05, 4.69) is 28.8 Å². The molecule has 1 amide bonds. The molecule has 6 rings (SSSR count). The Kier molecular flexibility index (Phi) is 9.54. The lowest BCUT2D eigenvalue weighted by Crippen LogP contribution is -2.65. The van der Waals surface area contributed by atoms with Gasteiger partial charge in [0.05, 0.1) is 30.3 Å². The van der Waals surface area contributed by atoms with Crippen molar-refractivity contribution in [1.82, 2.24) is 15.5 Å². The number of nitrogens with zero attached hydrogens (tertiary/aromatic N) is 1. The number of carbonyl (C=O) groups is 1. The number of benzene rings is 3. The molecule has 0 spiro atoms. The van der Waals surface area contributed by atoms with Crippen LogP contribution in [0.25, 0.3) is 0 Å². The summed E-state index contributed by atoms with van der Waals surface area (Å²) < 4.78 is 23.0. The molecule has 9 heteroatoms. The minimum atomic E-state index is -0.281. The average Bonchev–Trinajstić information content (AvgIpc) is 3.90. The molecular formula is C36H42ClN3O5. The van der Waals surface area contributed by atoms with Gasteiger partial charge in [0, 0.05) is 24.7 Å². The van der Waals surface area contributed by atoms with Gasteiger partial charge in [-0.15, -0.1) is 0 Å². The van der Waals surface area contributed by atoms with Crippen molar-refractivity contribution in [2.45, 2.75) is 50.7 Å². The van der Waals surface area contributed by atoms with Crippen LogP contribution in [0, 0.1) is 13.8 Å². The Bertz CT molecular complexity index is 1520. The van der Waals surface area contributed by atoms with Crippen molar-refractivity contribution < 1.29 is 23.7 Å². The van der Waals surface area contributed by atoms with Gasteiger partial charge >= 0.3 is 0 Å². The zero-order chi connectivity index (χ0) is 31.4. The van der Waals surface area contributed by atoms with Crippen LogP contribution in [-0.4, -0.2) is 69.5 Å².